The highest BCUT2D eigenvalue weighted by Crippen LogP contribution is 2.32. The number of nitrogens with zero attached hydrogens (tertiary/aromatic N) is 4. The fourth-order valence-electron chi connectivity index (χ4n) is 3.71. The molecule has 1 atom stereocenters. The van der Waals surface area contributed by atoms with Crippen molar-refractivity contribution in [3.63, 3.8) is 0 Å². The van der Waals surface area contributed by atoms with Gasteiger partial charge in [-0.15, -0.1) is 5.10 Å². The first kappa shape index (κ1) is 18.6. The summed E-state index contributed by atoms with van der Waals surface area (Å²) in [5.41, 5.74) is 1.86. The van der Waals surface area contributed by atoms with Crippen LogP contribution in [0.3, 0.4) is 0 Å². The van der Waals surface area contributed by atoms with Gasteiger partial charge in [0.2, 0.25) is 0 Å². The van der Waals surface area contributed by atoms with E-state index in [0.717, 1.165) is 31.2 Å². The van der Waals surface area contributed by atoms with Gasteiger partial charge in [-0.05, 0) is 48.7 Å². The van der Waals surface area contributed by atoms with E-state index in [2.05, 4.69) is 10.3 Å². The fourth-order valence-corrected chi connectivity index (χ4v) is 3.84. The van der Waals surface area contributed by atoms with E-state index >= 15 is 0 Å². The second kappa shape index (κ2) is 8.10. The monoisotopic (exact) mass is 398 g/mol. The number of likely N-dealkylation sites (tertiary alicyclic amines) is 1. The Balaban J connectivity index is 1.69. The first-order valence-electron chi connectivity index (χ1n) is 9.36. The minimum absolute atomic E-state index is 0.0388. The first-order chi connectivity index (χ1) is 13.6. The summed E-state index contributed by atoms with van der Waals surface area (Å²) in [6.07, 6.45) is 5.40. The average molecular weight is 399 g/mol. The molecule has 2 aromatic carbocycles. The standard InChI is InChI=1S/C21H20ClFN4O/c22-16-10-8-15(9-11-16)19-7-2-1-3-12-26(19)21(28)20-14-24-25-27(20)18-6-4-5-17(23)13-18/h4-6,8-11,13-14,19H,1-3,7,12H2. The third kappa shape index (κ3) is 3.78. The molecule has 5 nitrogen and oxygen atoms in total. The molecule has 7 heteroatoms. The van der Waals surface area contributed by atoms with Gasteiger partial charge in [-0.1, -0.05) is 47.9 Å². The number of carbonyl (C=O) groups excluding carboxylic acids is 1. The largest absolute Gasteiger partial charge is 0.330 e. The van der Waals surface area contributed by atoms with E-state index in [-0.39, 0.29) is 17.8 Å². The van der Waals surface area contributed by atoms with Gasteiger partial charge in [0, 0.05) is 11.6 Å². The van der Waals surface area contributed by atoms with Gasteiger partial charge < -0.3 is 4.90 Å². The van der Waals surface area contributed by atoms with Gasteiger partial charge in [-0.3, -0.25) is 4.79 Å². The molecule has 1 unspecified atom stereocenters. The second-order valence-corrected chi connectivity index (χ2v) is 7.36. The molecule has 144 valence electrons. The minimum atomic E-state index is -0.389. The molecule has 0 aliphatic carbocycles. The van der Waals surface area contributed by atoms with Crippen LogP contribution in [0.2, 0.25) is 5.02 Å². The van der Waals surface area contributed by atoms with E-state index in [1.54, 1.807) is 12.1 Å². The lowest BCUT2D eigenvalue weighted by molar-refractivity contribution is 0.0671. The Kier molecular flexibility index (Phi) is 5.39. The van der Waals surface area contributed by atoms with Crippen LogP contribution >= 0.6 is 11.6 Å². The summed E-state index contributed by atoms with van der Waals surface area (Å²) in [7, 11) is 0. The number of hydrogen-bond acceptors (Lipinski definition) is 3. The number of amides is 1. The molecule has 1 aromatic heterocycles. The molecule has 0 bridgehead atoms. The van der Waals surface area contributed by atoms with Crippen LogP contribution in [-0.4, -0.2) is 32.3 Å². The molecule has 0 radical (unpaired) electrons. The van der Waals surface area contributed by atoms with Crippen LogP contribution < -0.4 is 0 Å². The van der Waals surface area contributed by atoms with E-state index in [1.807, 2.05) is 29.2 Å². The average Bonchev–Trinajstić information content (AvgIpc) is 3.06. The predicted molar refractivity (Wildman–Crippen MR) is 105 cm³/mol. The van der Waals surface area contributed by atoms with Crippen molar-refractivity contribution in [2.45, 2.75) is 31.7 Å². The zero-order valence-electron chi connectivity index (χ0n) is 15.3. The maximum Gasteiger partial charge on any atom is 0.274 e. The van der Waals surface area contributed by atoms with E-state index in [4.69, 9.17) is 11.6 Å². The van der Waals surface area contributed by atoms with E-state index in [0.29, 0.717) is 22.9 Å². The van der Waals surface area contributed by atoms with Crippen molar-refractivity contribution >= 4 is 17.5 Å². The Morgan fingerprint density at radius 3 is 2.71 bits per heavy atom. The van der Waals surface area contributed by atoms with Gasteiger partial charge in [-0.2, -0.15) is 0 Å². The summed E-state index contributed by atoms with van der Waals surface area (Å²) in [4.78, 5) is 15.3. The molecule has 1 fully saturated rings. The minimum Gasteiger partial charge on any atom is -0.330 e. The summed E-state index contributed by atoms with van der Waals surface area (Å²) >= 11 is 6.03. The van der Waals surface area contributed by atoms with Crippen molar-refractivity contribution in [3.05, 3.63) is 76.8 Å². The highest BCUT2D eigenvalue weighted by atomic mass is 35.5. The Morgan fingerprint density at radius 1 is 1.11 bits per heavy atom. The van der Waals surface area contributed by atoms with Crippen molar-refractivity contribution in [2.75, 3.05) is 6.54 Å². The van der Waals surface area contributed by atoms with Gasteiger partial charge in [0.15, 0.2) is 5.69 Å². The van der Waals surface area contributed by atoms with Gasteiger partial charge in [-0.25, -0.2) is 9.07 Å². The number of carbonyl (C=O) groups is 1. The van der Waals surface area contributed by atoms with Crippen LogP contribution in [0.5, 0.6) is 0 Å². The summed E-state index contributed by atoms with van der Waals surface area (Å²) < 4.78 is 15.0. The van der Waals surface area contributed by atoms with Crippen LogP contribution in [0.4, 0.5) is 4.39 Å². The molecule has 3 aromatic rings. The van der Waals surface area contributed by atoms with Crippen LogP contribution in [0, 0.1) is 5.82 Å². The van der Waals surface area contributed by atoms with Crippen LogP contribution in [0.15, 0.2) is 54.7 Å². The molecule has 1 amide bonds. The number of aromatic nitrogens is 3. The smallest absolute Gasteiger partial charge is 0.274 e. The number of halogens is 2. The Labute approximate surface area is 167 Å². The van der Waals surface area contributed by atoms with Gasteiger partial charge >= 0.3 is 0 Å². The van der Waals surface area contributed by atoms with Crippen molar-refractivity contribution in [1.82, 2.24) is 19.9 Å². The lowest BCUT2D eigenvalue weighted by atomic mass is 10.0. The fraction of sp³-hybridized carbons (Fsp3) is 0.286. The number of benzene rings is 2. The quantitative estimate of drug-likeness (QED) is 0.635. The molecule has 1 aliphatic heterocycles. The zero-order valence-corrected chi connectivity index (χ0v) is 16.0. The first-order valence-corrected chi connectivity index (χ1v) is 9.74. The molecule has 2 heterocycles. The molecule has 0 N–H and O–H groups in total. The van der Waals surface area contributed by atoms with E-state index in [1.165, 1.54) is 23.0 Å². The molecule has 28 heavy (non-hydrogen) atoms. The Morgan fingerprint density at radius 2 is 1.93 bits per heavy atom. The van der Waals surface area contributed by atoms with Crippen LogP contribution in [0.1, 0.15) is 47.8 Å². The highest BCUT2D eigenvalue weighted by Gasteiger charge is 2.30. The summed E-state index contributed by atoms with van der Waals surface area (Å²) in [6.45, 7) is 0.653. The third-order valence-electron chi connectivity index (χ3n) is 5.09. The molecule has 0 saturated carbocycles. The molecule has 1 saturated heterocycles. The summed E-state index contributed by atoms with van der Waals surface area (Å²) in [5, 5.41) is 8.58. The lowest BCUT2D eigenvalue weighted by Crippen LogP contribution is -2.36. The Hall–Kier alpha value is -2.73. The predicted octanol–water partition coefficient (Wildman–Crippen LogP) is 4.82. The second-order valence-electron chi connectivity index (χ2n) is 6.93. The van der Waals surface area contributed by atoms with Crippen molar-refractivity contribution < 1.29 is 9.18 Å². The SMILES string of the molecule is O=C(c1cnnn1-c1cccc(F)c1)N1CCCCCC1c1ccc(Cl)cc1. The van der Waals surface area contributed by atoms with Crippen molar-refractivity contribution in [3.8, 4) is 5.69 Å². The lowest BCUT2D eigenvalue weighted by Gasteiger charge is -2.30. The van der Waals surface area contributed by atoms with E-state index < -0.39 is 0 Å². The van der Waals surface area contributed by atoms with Crippen LogP contribution in [-0.2, 0) is 0 Å². The van der Waals surface area contributed by atoms with Gasteiger partial charge in [0.1, 0.15) is 5.82 Å². The van der Waals surface area contributed by atoms with Crippen molar-refractivity contribution in [1.29, 1.82) is 0 Å². The maximum atomic E-state index is 13.6. The molecular weight excluding hydrogens is 379 g/mol. The maximum absolute atomic E-state index is 13.6. The number of hydrogen-bond donors (Lipinski definition) is 0. The highest BCUT2D eigenvalue weighted by molar-refractivity contribution is 6.30. The van der Waals surface area contributed by atoms with Crippen LogP contribution in [0.25, 0.3) is 5.69 Å². The summed E-state index contributed by atoms with van der Waals surface area (Å²) in [6, 6.07) is 13.6. The van der Waals surface area contributed by atoms with Crippen molar-refractivity contribution in [2.24, 2.45) is 0 Å². The Bertz CT molecular complexity index is 973. The normalized spacial score (nSPS) is 17.4. The molecule has 0 spiro atoms. The van der Waals surface area contributed by atoms with Gasteiger partial charge in [0.05, 0.1) is 17.9 Å². The van der Waals surface area contributed by atoms with E-state index in [9.17, 15) is 9.18 Å². The summed E-state index contributed by atoms with van der Waals surface area (Å²) in [5.74, 6) is -0.545. The molecule has 4 rings (SSSR count). The molecular formula is C21H20ClFN4O. The third-order valence-corrected chi connectivity index (χ3v) is 5.34. The van der Waals surface area contributed by atoms with Gasteiger partial charge in [0.25, 0.3) is 5.91 Å². The zero-order chi connectivity index (χ0) is 19.5. The molecule has 1 aliphatic rings. The number of rotatable bonds is 3. The topological polar surface area (TPSA) is 51.0 Å².